The summed E-state index contributed by atoms with van der Waals surface area (Å²) in [4.78, 5) is 15.0. The number of primary amides is 1. The highest BCUT2D eigenvalue weighted by molar-refractivity contribution is 5.91. The Morgan fingerprint density at radius 2 is 1.75 bits per heavy atom. The Kier molecular flexibility index (Phi) is 4.88. The third-order valence-corrected chi connectivity index (χ3v) is 3.37. The number of aryl methyl sites for hydroxylation is 1. The second-order valence-corrected chi connectivity index (χ2v) is 4.95. The summed E-state index contributed by atoms with van der Waals surface area (Å²) in [6, 6.07) is 12.1. The molecule has 104 valence electrons. The van der Waals surface area contributed by atoms with Crippen molar-refractivity contribution in [1.82, 2.24) is 4.98 Å². The van der Waals surface area contributed by atoms with Crippen molar-refractivity contribution in [3.63, 3.8) is 0 Å². The number of nitrogens with zero attached hydrogens (tertiary/aromatic N) is 1. The molecule has 2 rings (SSSR count). The lowest BCUT2D eigenvalue weighted by atomic mass is 10.0. The molecule has 2 N–H and O–H groups in total. The van der Waals surface area contributed by atoms with Crippen LogP contribution in [0.15, 0.2) is 42.6 Å². The van der Waals surface area contributed by atoms with Gasteiger partial charge in [-0.3, -0.25) is 9.78 Å². The van der Waals surface area contributed by atoms with Gasteiger partial charge in [0.2, 0.25) is 0 Å². The molecule has 0 saturated heterocycles. The Labute approximate surface area is 119 Å². The largest absolute Gasteiger partial charge is 0.364 e. The number of nitrogens with two attached hydrogens (primary N) is 1. The average molecular weight is 268 g/mol. The van der Waals surface area contributed by atoms with Gasteiger partial charge < -0.3 is 5.73 Å². The van der Waals surface area contributed by atoms with E-state index in [-0.39, 0.29) is 0 Å². The van der Waals surface area contributed by atoms with Crippen LogP contribution in [0.4, 0.5) is 0 Å². The minimum Gasteiger partial charge on any atom is -0.364 e. The molecule has 0 bridgehead atoms. The average Bonchev–Trinajstić information content (AvgIpc) is 2.48. The van der Waals surface area contributed by atoms with Crippen molar-refractivity contribution in [2.24, 2.45) is 5.73 Å². The molecule has 1 heterocycles. The summed E-state index contributed by atoms with van der Waals surface area (Å²) in [5, 5.41) is 0. The van der Waals surface area contributed by atoms with Crippen molar-refractivity contribution in [2.75, 3.05) is 0 Å². The molecule has 1 aromatic heterocycles. The van der Waals surface area contributed by atoms with Crippen LogP contribution in [-0.4, -0.2) is 10.9 Å². The molecule has 0 aliphatic rings. The molecule has 0 atom stereocenters. The smallest absolute Gasteiger partial charge is 0.267 e. The van der Waals surface area contributed by atoms with E-state index in [0.717, 1.165) is 17.5 Å². The van der Waals surface area contributed by atoms with E-state index in [4.69, 9.17) is 5.73 Å². The zero-order chi connectivity index (χ0) is 14.4. The zero-order valence-corrected chi connectivity index (χ0v) is 11.8. The predicted octanol–water partition coefficient (Wildman–Crippen LogP) is 3.58. The highest BCUT2D eigenvalue weighted by Gasteiger charge is 2.03. The van der Waals surface area contributed by atoms with Gasteiger partial charge in [0.15, 0.2) is 0 Å². The maximum Gasteiger partial charge on any atom is 0.267 e. The highest BCUT2D eigenvalue weighted by atomic mass is 16.1. The maximum absolute atomic E-state index is 11.0. The number of benzene rings is 1. The Balaban J connectivity index is 2.07. The summed E-state index contributed by atoms with van der Waals surface area (Å²) in [6.07, 6.45) is 6.58. The molecule has 0 aliphatic heterocycles. The van der Waals surface area contributed by atoms with Crippen molar-refractivity contribution in [3.8, 4) is 11.1 Å². The lowest BCUT2D eigenvalue weighted by molar-refractivity contribution is 0.0995. The van der Waals surface area contributed by atoms with Crippen LogP contribution >= 0.6 is 0 Å². The van der Waals surface area contributed by atoms with Crippen LogP contribution in [0, 0.1) is 0 Å². The van der Waals surface area contributed by atoms with Crippen molar-refractivity contribution in [3.05, 3.63) is 53.9 Å². The lowest BCUT2D eigenvalue weighted by Gasteiger charge is -2.05. The fourth-order valence-electron chi connectivity index (χ4n) is 2.15. The molecule has 3 nitrogen and oxygen atoms in total. The van der Waals surface area contributed by atoms with Gasteiger partial charge in [-0.25, -0.2) is 0 Å². The van der Waals surface area contributed by atoms with E-state index in [1.807, 2.05) is 6.07 Å². The molecule has 1 amide bonds. The van der Waals surface area contributed by atoms with Gasteiger partial charge >= 0.3 is 0 Å². The summed E-state index contributed by atoms with van der Waals surface area (Å²) in [5.41, 5.74) is 8.94. The summed E-state index contributed by atoms with van der Waals surface area (Å²) in [7, 11) is 0. The SMILES string of the molecule is CCCCCc1ccc(-c2ccc(C(N)=O)nc2)cc1. The Hall–Kier alpha value is -2.16. The summed E-state index contributed by atoms with van der Waals surface area (Å²) in [5.74, 6) is -0.497. The van der Waals surface area contributed by atoms with Crippen LogP contribution in [0.3, 0.4) is 0 Å². The second kappa shape index (κ2) is 6.85. The first kappa shape index (κ1) is 14.3. The molecular weight excluding hydrogens is 248 g/mol. The van der Waals surface area contributed by atoms with Crippen molar-refractivity contribution in [2.45, 2.75) is 32.6 Å². The lowest BCUT2D eigenvalue weighted by Crippen LogP contribution is -2.12. The number of carbonyl (C=O) groups excluding carboxylic acids is 1. The molecule has 20 heavy (non-hydrogen) atoms. The molecule has 2 aromatic rings. The number of amides is 1. The molecule has 3 heteroatoms. The number of unbranched alkanes of at least 4 members (excludes halogenated alkanes) is 2. The second-order valence-electron chi connectivity index (χ2n) is 4.95. The molecule has 0 aliphatic carbocycles. The third-order valence-electron chi connectivity index (χ3n) is 3.37. The van der Waals surface area contributed by atoms with Crippen molar-refractivity contribution >= 4 is 5.91 Å². The summed E-state index contributed by atoms with van der Waals surface area (Å²) < 4.78 is 0. The van der Waals surface area contributed by atoms with E-state index in [1.165, 1.54) is 24.8 Å². The van der Waals surface area contributed by atoms with Gasteiger partial charge in [-0.2, -0.15) is 0 Å². The first-order valence-corrected chi connectivity index (χ1v) is 7.06. The number of pyridine rings is 1. The minimum absolute atomic E-state index is 0.296. The van der Waals surface area contributed by atoms with Crippen LogP contribution < -0.4 is 5.73 Å². The number of carbonyl (C=O) groups is 1. The van der Waals surface area contributed by atoms with Gasteiger partial charge in [-0.1, -0.05) is 50.1 Å². The van der Waals surface area contributed by atoms with Gasteiger partial charge in [-0.15, -0.1) is 0 Å². The van der Waals surface area contributed by atoms with E-state index in [1.54, 1.807) is 12.3 Å². The monoisotopic (exact) mass is 268 g/mol. The van der Waals surface area contributed by atoms with Gasteiger partial charge in [-0.05, 0) is 30.0 Å². The minimum atomic E-state index is -0.497. The highest BCUT2D eigenvalue weighted by Crippen LogP contribution is 2.20. The Bertz CT molecular complexity index is 559. The fraction of sp³-hybridized carbons (Fsp3) is 0.294. The van der Waals surface area contributed by atoms with E-state index in [2.05, 4.69) is 36.2 Å². The van der Waals surface area contributed by atoms with Crippen molar-refractivity contribution < 1.29 is 4.79 Å². The standard InChI is InChI=1S/C17H20N2O/c1-2-3-4-5-13-6-8-14(9-7-13)15-10-11-16(17(18)20)19-12-15/h6-12H,2-5H2,1H3,(H2,18,20). The van der Waals surface area contributed by atoms with Gasteiger partial charge in [0.1, 0.15) is 5.69 Å². The topological polar surface area (TPSA) is 56.0 Å². The number of rotatable bonds is 6. The normalized spacial score (nSPS) is 10.4. The molecule has 1 aromatic carbocycles. The Morgan fingerprint density at radius 3 is 2.30 bits per heavy atom. The fourth-order valence-corrected chi connectivity index (χ4v) is 2.15. The predicted molar refractivity (Wildman–Crippen MR) is 81.4 cm³/mol. The van der Waals surface area contributed by atoms with Crippen LogP contribution in [0.2, 0.25) is 0 Å². The van der Waals surface area contributed by atoms with Crippen LogP contribution in [0.25, 0.3) is 11.1 Å². The molecule has 0 unspecified atom stereocenters. The number of aromatic nitrogens is 1. The third kappa shape index (κ3) is 3.67. The maximum atomic E-state index is 11.0. The number of hydrogen-bond acceptors (Lipinski definition) is 2. The van der Waals surface area contributed by atoms with E-state index < -0.39 is 5.91 Å². The first-order chi connectivity index (χ1) is 9.70. The van der Waals surface area contributed by atoms with Crippen LogP contribution in [-0.2, 0) is 6.42 Å². The molecule has 0 spiro atoms. The molecule has 0 saturated carbocycles. The first-order valence-electron chi connectivity index (χ1n) is 7.06. The molecule has 0 radical (unpaired) electrons. The molecular formula is C17H20N2O. The summed E-state index contributed by atoms with van der Waals surface area (Å²) >= 11 is 0. The van der Waals surface area contributed by atoms with Gasteiger partial charge in [0, 0.05) is 11.8 Å². The van der Waals surface area contributed by atoms with Gasteiger partial charge in [0.05, 0.1) is 0 Å². The van der Waals surface area contributed by atoms with Crippen LogP contribution in [0.5, 0.6) is 0 Å². The Morgan fingerprint density at radius 1 is 1.05 bits per heavy atom. The zero-order valence-electron chi connectivity index (χ0n) is 11.8. The summed E-state index contributed by atoms with van der Waals surface area (Å²) in [6.45, 7) is 2.21. The molecule has 0 fully saturated rings. The van der Waals surface area contributed by atoms with Crippen LogP contribution in [0.1, 0.15) is 42.2 Å². The number of hydrogen-bond donors (Lipinski definition) is 1. The van der Waals surface area contributed by atoms with Gasteiger partial charge in [0.25, 0.3) is 5.91 Å². The van der Waals surface area contributed by atoms with E-state index >= 15 is 0 Å². The van der Waals surface area contributed by atoms with E-state index in [0.29, 0.717) is 5.69 Å². The van der Waals surface area contributed by atoms with E-state index in [9.17, 15) is 4.79 Å². The quantitative estimate of drug-likeness (QED) is 0.814. The van der Waals surface area contributed by atoms with Crippen molar-refractivity contribution in [1.29, 1.82) is 0 Å².